The Morgan fingerprint density at radius 1 is 1.26 bits per heavy atom. The molecule has 0 aliphatic carbocycles. The third-order valence-corrected chi connectivity index (χ3v) is 5.65. The van der Waals surface area contributed by atoms with Gasteiger partial charge in [0.05, 0.1) is 36.3 Å². The van der Waals surface area contributed by atoms with Crippen molar-refractivity contribution in [2.75, 3.05) is 19.0 Å². The van der Waals surface area contributed by atoms with Crippen molar-refractivity contribution in [3.05, 3.63) is 65.5 Å². The first-order chi connectivity index (χ1) is 15.0. The average molecular weight is 421 g/mol. The summed E-state index contributed by atoms with van der Waals surface area (Å²) in [6, 6.07) is 7.46. The molecule has 1 fully saturated rings. The van der Waals surface area contributed by atoms with E-state index in [0.29, 0.717) is 22.7 Å². The molecule has 162 valence electrons. The van der Waals surface area contributed by atoms with Gasteiger partial charge in [-0.2, -0.15) is 5.10 Å². The standard InChI is InChI=1S/C23H28N6O2/c1-16-18(23(30)27-19-8-4-5-10-21(19)31-3)13-24-22(26-16)20-9-6-7-11-29(20)15-17-12-25-28(2)14-17/h4-5,8,10,12-14,20H,6-7,9,11,15H2,1-3H3,(H,27,30)/t20-/m1/s1. The minimum absolute atomic E-state index is 0.138. The van der Waals surface area contributed by atoms with E-state index in [-0.39, 0.29) is 11.9 Å². The van der Waals surface area contributed by atoms with E-state index in [9.17, 15) is 4.79 Å². The number of hydrogen-bond donors (Lipinski definition) is 1. The van der Waals surface area contributed by atoms with Crippen LogP contribution in [0, 0.1) is 6.92 Å². The van der Waals surface area contributed by atoms with E-state index in [4.69, 9.17) is 9.72 Å². The number of rotatable bonds is 6. The van der Waals surface area contributed by atoms with Crippen molar-refractivity contribution in [2.45, 2.75) is 38.8 Å². The van der Waals surface area contributed by atoms with Crippen LogP contribution in [-0.2, 0) is 13.6 Å². The Kier molecular flexibility index (Phi) is 6.27. The fraction of sp³-hybridized carbons (Fsp3) is 0.391. The molecule has 1 aliphatic rings. The number of aromatic nitrogens is 4. The van der Waals surface area contributed by atoms with Gasteiger partial charge in [-0.3, -0.25) is 14.4 Å². The summed E-state index contributed by atoms with van der Waals surface area (Å²) in [4.78, 5) is 24.6. The van der Waals surface area contributed by atoms with Crippen LogP contribution in [0.2, 0.25) is 0 Å². The molecule has 1 amide bonds. The normalized spacial score (nSPS) is 16.8. The number of ether oxygens (including phenoxy) is 1. The Bertz CT molecular complexity index is 1060. The highest BCUT2D eigenvalue weighted by atomic mass is 16.5. The van der Waals surface area contributed by atoms with Gasteiger partial charge in [-0.25, -0.2) is 9.97 Å². The number of likely N-dealkylation sites (tertiary alicyclic amines) is 1. The molecule has 0 saturated carbocycles. The summed E-state index contributed by atoms with van der Waals surface area (Å²) in [6.45, 7) is 3.67. The van der Waals surface area contributed by atoms with Crippen LogP contribution in [0.5, 0.6) is 5.75 Å². The summed E-state index contributed by atoms with van der Waals surface area (Å²) in [7, 11) is 3.51. The van der Waals surface area contributed by atoms with Crippen LogP contribution in [0.15, 0.2) is 42.9 Å². The number of aryl methyl sites for hydroxylation is 2. The van der Waals surface area contributed by atoms with Crippen LogP contribution in [0.25, 0.3) is 0 Å². The Morgan fingerprint density at radius 2 is 2.10 bits per heavy atom. The summed E-state index contributed by atoms with van der Waals surface area (Å²) >= 11 is 0. The van der Waals surface area contributed by atoms with E-state index in [0.717, 1.165) is 38.2 Å². The van der Waals surface area contributed by atoms with Gasteiger partial charge in [0.25, 0.3) is 5.91 Å². The first-order valence-electron chi connectivity index (χ1n) is 10.5. The Hall–Kier alpha value is -3.26. The Morgan fingerprint density at radius 3 is 2.84 bits per heavy atom. The number of carbonyl (C=O) groups is 1. The van der Waals surface area contributed by atoms with Gasteiger partial charge in [0.2, 0.25) is 0 Å². The molecule has 0 radical (unpaired) electrons. The molecule has 1 atom stereocenters. The second kappa shape index (κ2) is 9.26. The predicted octanol–water partition coefficient (Wildman–Crippen LogP) is 3.51. The van der Waals surface area contributed by atoms with Gasteiger partial charge in [-0.15, -0.1) is 0 Å². The number of methoxy groups -OCH3 is 1. The monoisotopic (exact) mass is 420 g/mol. The first-order valence-corrected chi connectivity index (χ1v) is 10.5. The van der Waals surface area contributed by atoms with Gasteiger partial charge in [0.15, 0.2) is 0 Å². The zero-order valence-corrected chi connectivity index (χ0v) is 18.2. The lowest BCUT2D eigenvalue weighted by atomic mass is 10.0. The van der Waals surface area contributed by atoms with Crippen LogP contribution >= 0.6 is 0 Å². The summed E-state index contributed by atoms with van der Waals surface area (Å²) in [5.74, 6) is 1.14. The molecular weight excluding hydrogens is 392 g/mol. The lowest BCUT2D eigenvalue weighted by molar-refractivity contribution is 0.102. The minimum Gasteiger partial charge on any atom is -0.495 e. The van der Waals surface area contributed by atoms with E-state index in [1.54, 1.807) is 19.4 Å². The van der Waals surface area contributed by atoms with Crippen molar-refractivity contribution in [3.8, 4) is 5.75 Å². The quantitative estimate of drug-likeness (QED) is 0.657. The first kappa shape index (κ1) is 21.0. The molecule has 3 aromatic rings. The van der Waals surface area contributed by atoms with E-state index in [1.165, 1.54) is 5.56 Å². The highest BCUT2D eigenvalue weighted by Gasteiger charge is 2.27. The third kappa shape index (κ3) is 4.74. The maximum absolute atomic E-state index is 12.8. The van der Waals surface area contributed by atoms with E-state index >= 15 is 0 Å². The molecule has 1 N–H and O–H groups in total. The van der Waals surface area contributed by atoms with Crippen molar-refractivity contribution in [1.82, 2.24) is 24.6 Å². The topological polar surface area (TPSA) is 85.2 Å². The number of carbonyl (C=O) groups excluding carboxylic acids is 1. The summed E-state index contributed by atoms with van der Waals surface area (Å²) in [6.07, 6.45) is 8.90. The van der Waals surface area contributed by atoms with Crippen molar-refractivity contribution in [1.29, 1.82) is 0 Å². The molecule has 0 bridgehead atoms. The van der Waals surface area contributed by atoms with E-state index in [2.05, 4.69) is 20.3 Å². The lowest BCUT2D eigenvalue weighted by Gasteiger charge is -2.34. The molecule has 8 heteroatoms. The van der Waals surface area contributed by atoms with Gasteiger partial charge in [-0.1, -0.05) is 18.6 Å². The molecule has 8 nitrogen and oxygen atoms in total. The number of amides is 1. The Labute approximate surface area is 182 Å². The largest absolute Gasteiger partial charge is 0.495 e. The molecule has 31 heavy (non-hydrogen) atoms. The summed E-state index contributed by atoms with van der Waals surface area (Å²) in [5.41, 5.74) is 2.93. The van der Waals surface area contributed by atoms with E-state index < -0.39 is 0 Å². The Balaban J connectivity index is 1.52. The van der Waals surface area contributed by atoms with Gasteiger partial charge >= 0.3 is 0 Å². The van der Waals surface area contributed by atoms with Crippen molar-refractivity contribution < 1.29 is 9.53 Å². The highest BCUT2D eigenvalue weighted by molar-refractivity contribution is 6.05. The number of anilines is 1. The minimum atomic E-state index is -0.246. The fourth-order valence-corrected chi connectivity index (χ4v) is 4.07. The van der Waals surface area contributed by atoms with Crippen molar-refractivity contribution in [3.63, 3.8) is 0 Å². The molecule has 3 heterocycles. The average Bonchev–Trinajstić information content (AvgIpc) is 3.19. The van der Waals surface area contributed by atoms with Gasteiger partial charge < -0.3 is 10.1 Å². The number of benzene rings is 1. The highest BCUT2D eigenvalue weighted by Crippen LogP contribution is 2.31. The molecule has 1 aromatic carbocycles. The smallest absolute Gasteiger partial charge is 0.259 e. The van der Waals surface area contributed by atoms with Crippen LogP contribution in [0.3, 0.4) is 0 Å². The van der Waals surface area contributed by atoms with Gasteiger partial charge in [0.1, 0.15) is 11.6 Å². The zero-order chi connectivity index (χ0) is 21.8. The van der Waals surface area contributed by atoms with Crippen LogP contribution in [-0.4, -0.2) is 44.2 Å². The third-order valence-electron chi connectivity index (χ3n) is 5.65. The van der Waals surface area contributed by atoms with Crippen LogP contribution < -0.4 is 10.1 Å². The summed E-state index contributed by atoms with van der Waals surface area (Å²) < 4.78 is 7.14. The predicted molar refractivity (Wildman–Crippen MR) is 118 cm³/mol. The van der Waals surface area contributed by atoms with Gasteiger partial charge in [-0.05, 0) is 38.4 Å². The van der Waals surface area contributed by atoms with Gasteiger partial charge in [0, 0.05) is 31.5 Å². The number of nitrogens with zero attached hydrogens (tertiary/aromatic N) is 5. The SMILES string of the molecule is COc1ccccc1NC(=O)c1cnc([C@H]2CCCCN2Cc2cnn(C)c2)nc1C. The molecule has 4 rings (SSSR count). The molecule has 1 aliphatic heterocycles. The maximum atomic E-state index is 12.8. The molecular formula is C23H28N6O2. The van der Waals surface area contributed by atoms with Crippen LogP contribution in [0.4, 0.5) is 5.69 Å². The second-order valence-corrected chi connectivity index (χ2v) is 7.89. The number of hydrogen-bond acceptors (Lipinski definition) is 6. The molecule has 0 unspecified atom stereocenters. The number of piperidine rings is 1. The van der Waals surface area contributed by atoms with E-state index in [1.807, 2.05) is 49.2 Å². The van der Waals surface area contributed by atoms with Crippen molar-refractivity contribution in [2.24, 2.45) is 7.05 Å². The number of nitrogens with one attached hydrogen (secondary N) is 1. The molecule has 2 aromatic heterocycles. The lowest BCUT2D eigenvalue weighted by Crippen LogP contribution is -2.34. The maximum Gasteiger partial charge on any atom is 0.259 e. The zero-order valence-electron chi connectivity index (χ0n) is 18.2. The molecule has 0 spiro atoms. The number of para-hydroxylation sites is 2. The van der Waals surface area contributed by atoms with Crippen molar-refractivity contribution >= 4 is 11.6 Å². The molecule has 1 saturated heterocycles. The van der Waals surface area contributed by atoms with Crippen LogP contribution in [0.1, 0.15) is 52.7 Å². The fourth-order valence-electron chi connectivity index (χ4n) is 4.07. The summed E-state index contributed by atoms with van der Waals surface area (Å²) in [5, 5.41) is 7.17. The second-order valence-electron chi connectivity index (χ2n) is 7.89.